The lowest BCUT2D eigenvalue weighted by molar-refractivity contribution is -0.115. The fourth-order valence-corrected chi connectivity index (χ4v) is 1.71. The monoisotopic (exact) mass is 266 g/mol. The molecule has 100 valence electrons. The summed E-state index contributed by atoms with van der Waals surface area (Å²) in [5.74, 6) is 5.26. The smallest absolute Gasteiger partial charge is 0.228 e. The fraction of sp³-hybridized carbons (Fsp3) is 0.125. The van der Waals surface area contributed by atoms with Gasteiger partial charge >= 0.3 is 0 Å². The van der Waals surface area contributed by atoms with Crippen LogP contribution in [-0.2, 0) is 11.2 Å². The summed E-state index contributed by atoms with van der Waals surface area (Å²) >= 11 is 0. The highest BCUT2D eigenvalue weighted by atomic mass is 16.2. The molecule has 0 saturated carbocycles. The van der Waals surface area contributed by atoms with E-state index in [1.165, 1.54) is 0 Å². The van der Waals surface area contributed by atoms with Gasteiger partial charge in [-0.05, 0) is 29.8 Å². The molecule has 0 aliphatic rings. The zero-order valence-corrected chi connectivity index (χ0v) is 10.8. The Kier molecular flexibility index (Phi) is 4.87. The number of amides is 1. The van der Waals surface area contributed by atoms with Gasteiger partial charge in [-0.3, -0.25) is 9.78 Å². The summed E-state index contributed by atoms with van der Waals surface area (Å²) in [4.78, 5) is 15.9. The van der Waals surface area contributed by atoms with E-state index in [1.807, 2.05) is 12.1 Å². The number of hydrogen-bond donors (Lipinski definition) is 2. The first-order valence-corrected chi connectivity index (χ1v) is 6.16. The van der Waals surface area contributed by atoms with Crippen LogP contribution in [0.25, 0.3) is 0 Å². The van der Waals surface area contributed by atoms with Gasteiger partial charge in [-0.1, -0.05) is 24.0 Å². The van der Waals surface area contributed by atoms with Gasteiger partial charge in [0, 0.05) is 23.6 Å². The summed E-state index contributed by atoms with van der Waals surface area (Å²) in [6, 6.07) is 10.8. The largest absolute Gasteiger partial charge is 0.384 e. The number of carbonyl (C=O) groups excluding carboxylic acids is 1. The van der Waals surface area contributed by atoms with E-state index in [2.05, 4.69) is 22.1 Å². The quantitative estimate of drug-likeness (QED) is 0.830. The molecule has 1 aromatic heterocycles. The van der Waals surface area contributed by atoms with E-state index < -0.39 is 0 Å². The molecule has 0 bridgehead atoms. The molecule has 1 aromatic carbocycles. The van der Waals surface area contributed by atoms with Crippen LogP contribution in [0, 0.1) is 11.8 Å². The summed E-state index contributed by atoms with van der Waals surface area (Å²) in [7, 11) is 0. The van der Waals surface area contributed by atoms with Crippen molar-refractivity contribution >= 4 is 11.6 Å². The summed E-state index contributed by atoms with van der Waals surface area (Å²) < 4.78 is 0. The number of benzene rings is 1. The maximum absolute atomic E-state index is 11.9. The zero-order valence-electron chi connectivity index (χ0n) is 10.8. The van der Waals surface area contributed by atoms with Crippen molar-refractivity contribution in [2.75, 3.05) is 11.9 Å². The number of rotatable bonds is 3. The van der Waals surface area contributed by atoms with Gasteiger partial charge in [0.15, 0.2) is 0 Å². The number of carbonyl (C=O) groups is 1. The summed E-state index contributed by atoms with van der Waals surface area (Å²) in [5.41, 5.74) is 2.29. The van der Waals surface area contributed by atoms with Crippen LogP contribution in [0.5, 0.6) is 0 Å². The van der Waals surface area contributed by atoms with Crippen molar-refractivity contribution in [3.05, 3.63) is 59.9 Å². The number of nitrogens with one attached hydrogen (secondary N) is 1. The van der Waals surface area contributed by atoms with Crippen LogP contribution in [-0.4, -0.2) is 22.6 Å². The summed E-state index contributed by atoms with van der Waals surface area (Å²) in [6.07, 6.45) is 3.62. The maximum atomic E-state index is 11.9. The Morgan fingerprint density at radius 3 is 2.95 bits per heavy atom. The van der Waals surface area contributed by atoms with Crippen molar-refractivity contribution < 1.29 is 9.90 Å². The molecular formula is C16H14N2O2. The second-order valence-electron chi connectivity index (χ2n) is 4.13. The predicted octanol–water partition coefficient (Wildman–Crippen LogP) is 1.61. The minimum absolute atomic E-state index is 0.106. The molecule has 1 heterocycles. The lowest BCUT2D eigenvalue weighted by Gasteiger charge is -2.05. The Hall–Kier alpha value is -2.64. The minimum Gasteiger partial charge on any atom is -0.384 e. The van der Waals surface area contributed by atoms with Gasteiger partial charge in [0.05, 0.1) is 6.42 Å². The highest BCUT2D eigenvalue weighted by Crippen LogP contribution is 2.10. The Labute approximate surface area is 117 Å². The van der Waals surface area contributed by atoms with E-state index in [0.29, 0.717) is 5.69 Å². The molecule has 4 heteroatoms. The van der Waals surface area contributed by atoms with Crippen molar-refractivity contribution in [1.82, 2.24) is 4.98 Å². The van der Waals surface area contributed by atoms with Gasteiger partial charge in [0.1, 0.15) is 6.61 Å². The minimum atomic E-state index is -0.183. The second-order valence-corrected chi connectivity index (χ2v) is 4.13. The third-order valence-electron chi connectivity index (χ3n) is 2.55. The van der Waals surface area contributed by atoms with E-state index in [-0.39, 0.29) is 18.9 Å². The first-order chi connectivity index (χ1) is 9.78. The standard InChI is InChI=1S/C16H14N2O2/c19-9-3-6-13-4-1-7-15(10-13)18-16(20)11-14-5-2-8-17-12-14/h1-2,4-5,7-8,10,12,19H,9,11H2,(H,18,20). The highest BCUT2D eigenvalue weighted by Gasteiger charge is 2.04. The lowest BCUT2D eigenvalue weighted by Crippen LogP contribution is -2.14. The van der Waals surface area contributed by atoms with Crippen LogP contribution in [0.15, 0.2) is 48.8 Å². The topological polar surface area (TPSA) is 62.2 Å². The van der Waals surface area contributed by atoms with E-state index in [9.17, 15) is 4.79 Å². The molecule has 1 amide bonds. The van der Waals surface area contributed by atoms with Crippen LogP contribution >= 0.6 is 0 Å². The van der Waals surface area contributed by atoms with Crippen LogP contribution in [0.3, 0.4) is 0 Å². The third kappa shape index (κ3) is 4.23. The molecule has 0 spiro atoms. The van der Waals surface area contributed by atoms with Crippen molar-refractivity contribution in [1.29, 1.82) is 0 Å². The van der Waals surface area contributed by atoms with Crippen LogP contribution < -0.4 is 5.32 Å². The Balaban J connectivity index is 2.01. The average Bonchev–Trinajstić information content (AvgIpc) is 2.46. The maximum Gasteiger partial charge on any atom is 0.228 e. The molecule has 0 radical (unpaired) electrons. The SMILES string of the molecule is O=C(Cc1cccnc1)Nc1cccc(C#CCO)c1. The van der Waals surface area contributed by atoms with E-state index in [1.54, 1.807) is 36.7 Å². The number of anilines is 1. The summed E-state index contributed by atoms with van der Waals surface area (Å²) in [5, 5.41) is 11.5. The number of aliphatic hydroxyl groups is 1. The van der Waals surface area contributed by atoms with Crippen LogP contribution in [0.4, 0.5) is 5.69 Å². The first-order valence-electron chi connectivity index (χ1n) is 6.16. The van der Waals surface area contributed by atoms with Crippen molar-refractivity contribution in [3.63, 3.8) is 0 Å². The summed E-state index contributed by atoms with van der Waals surface area (Å²) in [6.45, 7) is -0.183. The predicted molar refractivity (Wildman–Crippen MR) is 77.0 cm³/mol. The fourth-order valence-electron chi connectivity index (χ4n) is 1.71. The molecule has 2 aromatic rings. The second kappa shape index (κ2) is 7.07. The van der Waals surface area contributed by atoms with Gasteiger partial charge in [-0.2, -0.15) is 0 Å². The Morgan fingerprint density at radius 1 is 1.30 bits per heavy atom. The van der Waals surface area contributed by atoms with Crippen molar-refractivity contribution in [2.24, 2.45) is 0 Å². The zero-order chi connectivity index (χ0) is 14.2. The number of pyridine rings is 1. The van der Waals surface area contributed by atoms with Gasteiger partial charge in [0.25, 0.3) is 0 Å². The first kappa shape index (κ1) is 13.8. The third-order valence-corrected chi connectivity index (χ3v) is 2.55. The van der Waals surface area contributed by atoms with Gasteiger partial charge in [0.2, 0.25) is 5.91 Å². The Morgan fingerprint density at radius 2 is 2.20 bits per heavy atom. The lowest BCUT2D eigenvalue weighted by atomic mass is 10.2. The molecule has 0 atom stereocenters. The highest BCUT2D eigenvalue weighted by molar-refractivity contribution is 5.92. The van der Waals surface area contributed by atoms with E-state index >= 15 is 0 Å². The van der Waals surface area contributed by atoms with Gasteiger partial charge < -0.3 is 10.4 Å². The molecule has 2 N–H and O–H groups in total. The van der Waals surface area contributed by atoms with Crippen LogP contribution in [0.1, 0.15) is 11.1 Å². The normalized spacial score (nSPS) is 9.45. The number of aliphatic hydroxyl groups excluding tert-OH is 1. The van der Waals surface area contributed by atoms with Crippen molar-refractivity contribution in [2.45, 2.75) is 6.42 Å². The number of hydrogen-bond acceptors (Lipinski definition) is 3. The average molecular weight is 266 g/mol. The molecule has 0 fully saturated rings. The Bertz CT molecular complexity index is 642. The molecule has 4 nitrogen and oxygen atoms in total. The molecule has 0 aliphatic carbocycles. The molecular weight excluding hydrogens is 252 g/mol. The molecule has 20 heavy (non-hydrogen) atoms. The van der Waals surface area contributed by atoms with Gasteiger partial charge in [-0.15, -0.1) is 0 Å². The molecule has 0 unspecified atom stereocenters. The number of nitrogens with zero attached hydrogens (tertiary/aromatic N) is 1. The number of aromatic nitrogens is 1. The van der Waals surface area contributed by atoms with E-state index in [4.69, 9.17) is 5.11 Å². The van der Waals surface area contributed by atoms with Crippen molar-refractivity contribution in [3.8, 4) is 11.8 Å². The van der Waals surface area contributed by atoms with E-state index in [0.717, 1.165) is 11.1 Å². The molecule has 2 rings (SSSR count). The molecule has 0 aliphatic heterocycles. The molecule has 0 saturated heterocycles. The van der Waals surface area contributed by atoms with Gasteiger partial charge in [-0.25, -0.2) is 0 Å². The van der Waals surface area contributed by atoms with Crippen LogP contribution in [0.2, 0.25) is 0 Å².